The SMILES string of the molecule is Cc1csc(C(CO)Nc2ccc(F)cc2)n1. The Hall–Kier alpha value is -1.46. The second-order valence-electron chi connectivity index (χ2n) is 3.71. The molecule has 1 unspecified atom stereocenters. The molecule has 0 amide bonds. The molecule has 0 spiro atoms. The number of thiazole rings is 1. The van der Waals surface area contributed by atoms with Crippen LogP contribution in [0.4, 0.5) is 10.1 Å². The maximum absolute atomic E-state index is 12.7. The van der Waals surface area contributed by atoms with Crippen LogP contribution >= 0.6 is 11.3 Å². The predicted octanol–water partition coefficient (Wildman–Crippen LogP) is 2.74. The van der Waals surface area contributed by atoms with E-state index in [4.69, 9.17) is 0 Å². The molecule has 0 aliphatic rings. The fourth-order valence-electron chi connectivity index (χ4n) is 1.46. The second kappa shape index (κ2) is 5.25. The molecular formula is C12H13FN2OS. The number of halogens is 1. The summed E-state index contributed by atoms with van der Waals surface area (Å²) in [5.74, 6) is -0.277. The van der Waals surface area contributed by atoms with Gasteiger partial charge in [-0.1, -0.05) is 0 Å². The highest BCUT2D eigenvalue weighted by Crippen LogP contribution is 2.22. The summed E-state index contributed by atoms with van der Waals surface area (Å²) in [4.78, 5) is 4.32. The molecule has 0 saturated carbocycles. The van der Waals surface area contributed by atoms with Crippen molar-refractivity contribution in [2.24, 2.45) is 0 Å². The maximum Gasteiger partial charge on any atom is 0.123 e. The Morgan fingerprint density at radius 1 is 1.41 bits per heavy atom. The average Bonchev–Trinajstić information content (AvgIpc) is 2.75. The lowest BCUT2D eigenvalue weighted by Gasteiger charge is -2.14. The van der Waals surface area contributed by atoms with E-state index in [2.05, 4.69) is 10.3 Å². The van der Waals surface area contributed by atoms with Crippen molar-refractivity contribution < 1.29 is 9.50 Å². The Labute approximate surface area is 103 Å². The number of benzene rings is 1. The van der Waals surface area contributed by atoms with Crippen LogP contribution in [0.2, 0.25) is 0 Å². The van der Waals surface area contributed by atoms with Crippen LogP contribution in [0.25, 0.3) is 0 Å². The van der Waals surface area contributed by atoms with Gasteiger partial charge in [-0.2, -0.15) is 0 Å². The second-order valence-corrected chi connectivity index (χ2v) is 4.60. The quantitative estimate of drug-likeness (QED) is 0.879. The van der Waals surface area contributed by atoms with Crippen LogP contribution in [-0.4, -0.2) is 16.7 Å². The van der Waals surface area contributed by atoms with E-state index in [0.717, 1.165) is 16.4 Å². The van der Waals surface area contributed by atoms with Gasteiger partial charge in [0.1, 0.15) is 16.9 Å². The van der Waals surface area contributed by atoms with E-state index < -0.39 is 0 Å². The first-order valence-electron chi connectivity index (χ1n) is 5.24. The number of aliphatic hydroxyl groups is 1. The number of rotatable bonds is 4. The molecule has 0 saturated heterocycles. The number of aromatic nitrogens is 1. The molecule has 0 fully saturated rings. The van der Waals surface area contributed by atoms with E-state index in [0.29, 0.717) is 0 Å². The summed E-state index contributed by atoms with van der Waals surface area (Å²) in [5, 5.41) is 15.2. The minimum Gasteiger partial charge on any atom is -0.394 e. The third-order valence-electron chi connectivity index (χ3n) is 2.30. The minimum absolute atomic E-state index is 0.0513. The number of aryl methyl sites for hydroxylation is 1. The third-order valence-corrected chi connectivity index (χ3v) is 3.38. The van der Waals surface area contributed by atoms with Gasteiger partial charge in [-0.05, 0) is 31.2 Å². The standard InChI is InChI=1S/C12H13FN2OS/c1-8-7-17-12(14-8)11(6-16)15-10-4-2-9(13)3-5-10/h2-5,7,11,15-16H,6H2,1H3. The summed E-state index contributed by atoms with van der Waals surface area (Å²) in [6.45, 7) is 1.86. The van der Waals surface area contributed by atoms with E-state index in [-0.39, 0.29) is 18.5 Å². The van der Waals surface area contributed by atoms with E-state index in [1.807, 2.05) is 12.3 Å². The van der Waals surface area contributed by atoms with E-state index in [1.165, 1.54) is 23.5 Å². The number of nitrogens with one attached hydrogen (secondary N) is 1. The highest BCUT2D eigenvalue weighted by Gasteiger charge is 2.13. The summed E-state index contributed by atoms with van der Waals surface area (Å²) < 4.78 is 12.7. The zero-order valence-electron chi connectivity index (χ0n) is 9.35. The number of hydrogen-bond donors (Lipinski definition) is 2. The Kier molecular flexibility index (Phi) is 3.71. The number of aliphatic hydroxyl groups excluding tert-OH is 1. The first-order valence-corrected chi connectivity index (χ1v) is 6.12. The van der Waals surface area contributed by atoms with Gasteiger partial charge >= 0.3 is 0 Å². The lowest BCUT2D eigenvalue weighted by Crippen LogP contribution is -2.14. The van der Waals surface area contributed by atoms with Crippen molar-refractivity contribution in [3.05, 3.63) is 46.2 Å². The summed E-state index contributed by atoms with van der Waals surface area (Å²) in [6, 6.07) is 5.78. The van der Waals surface area contributed by atoms with Gasteiger partial charge < -0.3 is 10.4 Å². The molecule has 5 heteroatoms. The molecule has 90 valence electrons. The lowest BCUT2D eigenvalue weighted by molar-refractivity contribution is 0.276. The van der Waals surface area contributed by atoms with Gasteiger partial charge in [0.15, 0.2) is 0 Å². The predicted molar refractivity (Wildman–Crippen MR) is 66.7 cm³/mol. The van der Waals surface area contributed by atoms with Gasteiger partial charge in [0, 0.05) is 16.8 Å². The van der Waals surface area contributed by atoms with Gasteiger partial charge in [0.05, 0.1) is 6.61 Å². The topological polar surface area (TPSA) is 45.1 Å². The van der Waals surface area contributed by atoms with E-state index >= 15 is 0 Å². The Morgan fingerprint density at radius 3 is 2.65 bits per heavy atom. The molecule has 2 rings (SSSR count). The van der Waals surface area contributed by atoms with Crippen molar-refractivity contribution >= 4 is 17.0 Å². The van der Waals surface area contributed by atoms with Gasteiger partial charge in [-0.3, -0.25) is 0 Å². The molecule has 0 aliphatic carbocycles. The molecule has 2 aromatic rings. The number of hydrogen-bond acceptors (Lipinski definition) is 4. The molecule has 17 heavy (non-hydrogen) atoms. The molecule has 1 aromatic carbocycles. The average molecular weight is 252 g/mol. The molecular weight excluding hydrogens is 239 g/mol. The summed E-state index contributed by atoms with van der Waals surface area (Å²) in [5.41, 5.74) is 1.70. The zero-order chi connectivity index (χ0) is 12.3. The van der Waals surface area contributed by atoms with Gasteiger partial charge in [-0.25, -0.2) is 9.37 Å². The van der Waals surface area contributed by atoms with Gasteiger partial charge in [-0.15, -0.1) is 11.3 Å². The van der Waals surface area contributed by atoms with Crippen molar-refractivity contribution in [1.29, 1.82) is 0 Å². The third kappa shape index (κ3) is 3.01. The van der Waals surface area contributed by atoms with Crippen molar-refractivity contribution in [2.45, 2.75) is 13.0 Å². The van der Waals surface area contributed by atoms with Gasteiger partial charge in [0.25, 0.3) is 0 Å². The fraction of sp³-hybridized carbons (Fsp3) is 0.250. The first kappa shape index (κ1) is 12.0. The van der Waals surface area contributed by atoms with Crippen LogP contribution in [0.3, 0.4) is 0 Å². The first-order chi connectivity index (χ1) is 8.19. The highest BCUT2D eigenvalue weighted by atomic mass is 32.1. The smallest absolute Gasteiger partial charge is 0.123 e. The fourth-order valence-corrected chi connectivity index (χ4v) is 2.30. The lowest BCUT2D eigenvalue weighted by atomic mass is 10.2. The molecule has 1 heterocycles. The normalized spacial score (nSPS) is 12.4. The van der Waals surface area contributed by atoms with Crippen LogP contribution in [0.1, 0.15) is 16.7 Å². The number of nitrogens with zero attached hydrogens (tertiary/aromatic N) is 1. The molecule has 0 bridgehead atoms. The van der Waals surface area contributed by atoms with Crippen LogP contribution in [-0.2, 0) is 0 Å². The van der Waals surface area contributed by atoms with Crippen molar-refractivity contribution in [2.75, 3.05) is 11.9 Å². The Morgan fingerprint density at radius 2 is 2.12 bits per heavy atom. The maximum atomic E-state index is 12.7. The van der Waals surface area contributed by atoms with Crippen LogP contribution < -0.4 is 5.32 Å². The molecule has 0 aliphatic heterocycles. The summed E-state index contributed by atoms with van der Waals surface area (Å²) in [6.07, 6.45) is 0. The molecule has 2 N–H and O–H groups in total. The minimum atomic E-state index is -0.277. The number of anilines is 1. The molecule has 1 atom stereocenters. The van der Waals surface area contributed by atoms with Crippen molar-refractivity contribution in [1.82, 2.24) is 4.98 Å². The van der Waals surface area contributed by atoms with Gasteiger partial charge in [0.2, 0.25) is 0 Å². The molecule has 1 aromatic heterocycles. The summed E-state index contributed by atoms with van der Waals surface area (Å²) in [7, 11) is 0. The van der Waals surface area contributed by atoms with E-state index in [1.54, 1.807) is 12.1 Å². The van der Waals surface area contributed by atoms with Crippen LogP contribution in [0, 0.1) is 12.7 Å². The Bertz CT molecular complexity index is 484. The highest BCUT2D eigenvalue weighted by molar-refractivity contribution is 7.09. The van der Waals surface area contributed by atoms with Crippen molar-refractivity contribution in [3.8, 4) is 0 Å². The van der Waals surface area contributed by atoms with Crippen LogP contribution in [0.5, 0.6) is 0 Å². The molecule has 0 radical (unpaired) electrons. The molecule has 3 nitrogen and oxygen atoms in total. The summed E-state index contributed by atoms with van der Waals surface area (Å²) >= 11 is 1.50. The largest absolute Gasteiger partial charge is 0.394 e. The van der Waals surface area contributed by atoms with Crippen molar-refractivity contribution in [3.63, 3.8) is 0 Å². The zero-order valence-corrected chi connectivity index (χ0v) is 10.2. The monoisotopic (exact) mass is 252 g/mol. The Balaban J connectivity index is 2.12. The van der Waals surface area contributed by atoms with Crippen LogP contribution in [0.15, 0.2) is 29.6 Å². The van der Waals surface area contributed by atoms with E-state index in [9.17, 15) is 9.50 Å².